The minimum Gasteiger partial charge on any atom is -0.368 e. The molecule has 0 amide bonds. The molecule has 3 heteroatoms. The first kappa shape index (κ1) is 14.4. The lowest BCUT2D eigenvalue weighted by Crippen LogP contribution is -2.41. The number of nitrogens with zero attached hydrogens (tertiary/aromatic N) is 1. The van der Waals surface area contributed by atoms with E-state index in [9.17, 15) is 0 Å². The van der Waals surface area contributed by atoms with Crippen LogP contribution in [0.2, 0.25) is 0 Å². The van der Waals surface area contributed by atoms with Crippen LogP contribution in [0.4, 0.5) is 5.69 Å². The second-order valence-corrected chi connectivity index (χ2v) is 5.28. The van der Waals surface area contributed by atoms with Gasteiger partial charge in [-0.25, -0.2) is 0 Å². The Bertz CT molecular complexity index is 311. The molecule has 0 spiro atoms. The lowest BCUT2D eigenvalue weighted by Gasteiger charge is -2.32. The Labute approximate surface area is 110 Å². The molecule has 2 nitrogen and oxygen atoms in total. The number of nitrogens with two attached hydrogens (primary N) is 1. The maximum atomic E-state index is 5.91. The third kappa shape index (κ3) is 4.25. The van der Waals surface area contributed by atoms with Crippen LogP contribution in [0.5, 0.6) is 0 Å². The normalized spacial score (nSPS) is 12.5. The van der Waals surface area contributed by atoms with Crippen LogP contribution in [0.15, 0.2) is 24.3 Å². The molecule has 1 unspecified atom stereocenters. The predicted octanol–water partition coefficient (Wildman–Crippen LogP) is 2.90. The van der Waals surface area contributed by atoms with Crippen molar-refractivity contribution in [1.29, 1.82) is 0 Å². The van der Waals surface area contributed by atoms with Crippen molar-refractivity contribution >= 4 is 17.4 Å². The van der Waals surface area contributed by atoms with Crippen molar-refractivity contribution in [2.75, 3.05) is 30.0 Å². The maximum absolute atomic E-state index is 5.91. The monoisotopic (exact) mass is 252 g/mol. The van der Waals surface area contributed by atoms with Gasteiger partial charge in [-0.1, -0.05) is 17.7 Å². The van der Waals surface area contributed by atoms with Crippen molar-refractivity contribution in [2.24, 2.45) is 5.73 Å². The highest BCUT2D eigenvalue weighted by atomic mass is 32.2. The number of hydrogen-bond acceptors (Lipinski definition) is 3. The van der Waals surface area contributed by atoms with Crippen LogP contribution >= 0.6 is 11.8 Å². The molecule has 1 aromatic rings. The van der Waals surface area contributed by atoms with Crippen molar-refractivity contribution in [1.82, 2.24) is 0 Å². The summed E-state index contributed by atoms with van der Waals surface area (Å²) in [4.78, 5) is 2.41. The number of benzene rings is 1. The van der Waals surface area contributed by atoms with Crippen molar-refractivity contribution in [3.05, 3.63) is 29.8 Å². The van der Waals surface area contributed by atoms with Crippen molar-refractivity contribution in [2.45, 2.75) is 26.3 Å². The average Bonchev–Trinajstić information content (AvgIpc) is 2.36. The third-order valence-electron chi connectivity index (χ3n) is 3.07. The van der Waals surface area contributed by atoms with Gasteiger partial charge >= 0.3 is 0 Å². The van der Waals surface area contributed by atoms with Crippen LogP contribution in [0.1, 0.15) is 18.9 Å². The second-order valence-electron chi connectivity index (χ2n) is 4.29. The van der Waals surface area contributed by atoms with Gasteiger partial charge in [-0.05, 0) is 44.4 Å². The van der Waals surface area contributed by atoms with Crippen molar-refractivity contribution in [3.8, 4) is 0 Å². The fourth-order valence-corrected chi connectivity index (χ4v) is 2.55. The summed E-state index contributed by atoms with van der Waals surface area (Å²) in [6, 6.07) is 9.18. The number of likely N-dealkylation sites (N-methyl/N-ethyl adjacent to an activating group) is 1. The Morgan fingerprint density at radius 2 is 1.94 bits per heavy atom. The molecule has 0 aliphatic heterocycles. The molecule has 0 bridgehead atoms. The lowest BCUT2D eigenvalue weighted by molar-refractivity contribution is 0.595. The van der Waals surface area contributed by atoms with E-state index in [1.54, 1.807) is 0 Å². The van der Waals surface area contributed by atoms with E-state index in [0.717, 1.165) is 19.5 Å². The zero-order valence-electron chi connectivity index (χ0n) is 11.1. The predicted molar refractivity (Wildman–Crippen MR) is 80.0 cm³/mol. The maximum Gasteiger partial charge on any atom is 0.0420 e. The fourth-order valence-electron chi connectivity index (χ4n) is 2.04. The summed E-state index contributed by atoms with van der Waals surface area (Å²) in [6.07, 6.45) is 3.30. The molecule has 1 rings (SSSR count). The molecule has 0 aliphatic carbocycles. The first-order valence-electron chi connectivity index (χ1n) is 6.25. The van der Waals surface area contributed by atoms with Crippen molar-refractivity contribution in [3.63, 3.8) is 0 Å². The molecular formula is C14H24N2S. The van der Waals surface area contributed by atoms with Gasteiger partial charge in [0.2, 0.25) is 0 Å². The van der Waals surface area contributed by atoms with Gasteiger partial charge in [0, 0.05) is 24.8 Å². The Hall–Kier alpha value is -0.670. The zero-order valence-corrected chi connectivity index (χ0v) is 12.0. The van der Waals surface area contributed by atoms with Gasteiger partial charge < -0.3 is 10.6 Å². The highest BCUT2D eigenvalue weighted by molar-refractivity contribution is 7.98. The summed E-state index contributed by atoms with van der Waals surface area (Å²) in [6.45, 7) is 6.05. The topological polar surface area (TPSA) is 29.3 Å². The highest BCUT2D eigenvalue weighted by Crippen LogP contribution is 2.19. The molecule has 1 atom stereocenters. The standard InChI is InChI=1S/C14H24N2S/c1-4-16(14(11-15)9-10-17-3)13-7-5-12(2)6-8-13/h5-8,14H,4,9-11,15H2,1-3H3. The van der Waals surface area contributed by atoms with E-state index in [1.165, 1.54) is 17.0 Å². The lowest BCUT2D eigenvalue weighted by atomic mass is 10.1. The summed E-state index contributed by atoms with van der Waals surface area (Å²) < 4.78 is 0. The van der Waals surface area contributed by atoms with E-state index in [2.05, 4.69) is 49.3 Å². The van der Waals surface area contributed by atoms with Gasteiger partial charge in [-0.3, -0.25) is 0 Å². The Morgan fingerprint density at radius 1 is 1.29 bits per heavy atom. The van der Waals surface area contributed by atoms with Crippen LogP contribution in [0.25, 0.3) is 0 Å². The molecule has 0 radical (unpaired) electrons. The first-order valence-corrected chi connectivity index (χ1v) is 7.64. The van der Waals surface area contributed by atoms with E-state index in [4.69, 9.17) is 5.73 Å². The largest absolute Gasteiger partial charge is 0.368 e. The van der Waals surface area contributed by atoms with E-state index in [1.807, 2.05) is 11.8 Å². The summed E-state index contributed by atoms with van der Waals surface area (Å²) >= 11 is 1.89. The van der Waals surface area contributed by atoms with Crippen LogP contribution in [0.3, 0.4) is 0 Å². The summed E-state index contributed by atoms with van der Waals surface area (Å²) in [7, 11) is 0. The first-order chi connectivity index (χ1) is 8.22. The number of anilines is 1. The number of hydrogen-bond donors (Lipinski definition) is 1. The quantitative estimate of drug-likeness (QED) is 0.809. The third-order valence-corrected chi connectivity index (χ3v) is 3.72. The molecule has 2 N–H and O–H groups in total. The Kier molecular flexibility index (Phi) is 6.45. The summed E-state index contributed by atoms with van der Waals surface area (Å²) in [5.74, 6) is 1.17. The zero-order chi connectivity index (χ0) is 12.7. The minimum atomic E-state index is 0.454. The highest BCUT2D eigenvalue weighted by Gasteiger charge is 2.15. The van der Waals surface area contributed by atoms with Crippen LogP contribution in [-0.4, -0.2) is 31.1 Å². The Morgan fingerprint density at radius 3 is 2.41 bits per heavy atom. The van der Waals surface area contributed by atoms with Gasteiger partial charge in [0.15, 0.2) is 0 Å². The fraction of sp³-hybridized carbons (Fsp3) is 0.571. The van der Waals surface area contributed by atoms with Gasteiger partial charge in [-0.15, -0.1) is 0 Å². The van der Waals surface area contributed by atoms with Crippen LogP contribution in [0, 0.1) is 6.92 Å². The van der Waals surface area contributed by atoms with Gasteiger partial charge in [0.25, 0.3) is 0 Å². The molecule has 17 heavy (non-hydrogen) atoms. The number of aryl methyl sites for hydroxylation is 1. The second kappa shape index (κ2) is 7.62. The van der Waals surface area contributed by atoms with Crippen LogP contribution < -0.4 is 10.6 Å². The van der Waals surface area contributed by atoms with E-state index in [0.29, 0.717) is 6.04 Å². The summed E-state index contributed by atoms with van der Waals surface area (Å²) in [5, 5.41) is 0. The van der Waals surface area contributed by atoms with Gasteiger partial charge in [0.05, 0.1) is 0 Å². The summed E-state index contributed by atoms with van der Waals surface area (Å²) in [5.41, 5.74) is 8.50. The molecule has 0 heterocycles. The van der Waals surface area contributed by atoms with E-state index in [-0.39, 0.29) is 0 Å². The molecule has 0 saturated carbocycles. The van der Waals surface area contributed by atoms with E-state index >= 15 is 0 Å². The SMILES string of the molecule is CCN(c1ccc(C)cc1)C(CN)CCSC. The number of rotatable bonds is 7. The Balaban J connectivity index is 2.77. The number of thioether (sulfide) groups is 1. The van der Waals surface area contributed by atoms with E-state index < -0.39 is 0 Å². The molecule has 0 aliphatic rings. The van der Waals surface area contributed by atoms with Crippen LogP contribution in [-0.2, 0) is 0 Å². The smallest absolute Gasteiger partial charge is 0.0420 e. The molecule has 0 saturated heterocycles. The van der Waals surface area contributed by atoms with Gasteiger partial charge in [0.1, 0.15) is 0 Å². The minimum absolute atomic E-state index is 0.454. The van der Waals surface area contributed by atoms with Crippen molar-refractivity contribution < 1.29 is 0 Å². The molecular weight excluding hydrogens is 228 g/mol. The molecule has 0 fully saturated rings. The van der Waals surface area contributed by atoms with Gasteiger partial charge in [-0.2, -0.15) is 11.8 Å². The molecule has 96 valence electrons. The average molecular weight is 252 g/mol. The molecule has 0 aromatic heterocycles. The molecule has 1 aromatic carbocycles.